The molecule has 1 aromatic heterocycles. The molecule has 0 spiro atoms. The summed E-state index contributed by atoms with van der Waals surface area (Å²) in [5.74, 6) is -0.309. The fraction of sp³-hybridized carbons (Fsp3) is 0.455. The van der Waals surface area contributed by atoms with E-state index in [0.29, 0.717) is 12.1 Å². The standard InChI is InChI=1S/C11H14Cl2N2O2.ClH/c1-3-14-7(2)11(16)17-6-8-4-9(12)15-10(13)5-8;/h4-5,7,14H,3,6H2,1-2H3;1H/t7-;/m0./s1. The Morgan fingerprint density at radius 2 is 2.00 bits per heavy atom. The normalized spacial score (nSPS) is 11.6. The summed E-state index contributed by atoms with van der Waals surface area (Å²) in [5, 5.41) is 3.53. The fourth-order valence-corrected chi connectivity index (χ4v) is 1.77. The van der Waals surface area contributed by atoms with E-state index in [2.05, 4.69) is 10.3 Å². The maximum atomic E-state index is 11.5. The first-order valence-corrected chi connectivity index (χ1v) is 6.00. The molecule has 0 unspecified atom stereocenters. The minimum Gasteiger partial charge on any atom is -0.460 e. The molecule has 0 aromatic carbocycles. The largest absolute Gasteiger partial charge is 0.460 e. The molecule has 1 N–H and O–H groups in total. The van der Waals surface area contributed by atoms with E-state index in [4.69, 9.17) is 27.9 Å². The zero-order valence-corrected chi connectivity index (χ0v) is 12.4. The Morgan fingerprint density at radius 1 is 1.44 bits per heavy atom. The van der Waals surface area contributed by atoms with Crippen LogP contribution >= 0.6 is 35.6 Å². The van der Waals surface area contributed by atoms with E-state index in [9.17, 15) is 4.79 Å². The molecule has 0 saturated heterocycles. The molecule has 0 bridgehead atoms. The van der Waals surface area contributed by atoms with Crippen molar-refractivity contribution in [1.29, 1.82) is 0 Å². The first-order valence-electron chi connectivity index (χ1n) is 5.25. The first kappa shape index (κ1) is 17.4. The molecule has 1 heterocycles. The number of hydrogen-bond donors (Lipinski definition) is 1. The minimum atomic E-state index is -0.326. The molecule has 0 aliphatic rings. The van der Waals surface area contributed by atoms with Crippen LogP contribution in [0.4, 0.5) is 0 Å². The Morgan fingerprint density at radius 3 is 2.50 bits per heavy atom. The predicted octanol–water partition coefficient (Wildman–Crippen LogP) is 2.85. The van der Waals surface area contributed by atoms with Gasteiger partial charge in [-0.1, -0.05) is 30.1 Å². The number of halogens is 3. The molecule has 0 radical (unpaired) electrons. The highest BCUT2D eigenvalue weighted by Crippen LogP contribution is 2.15. The summed E-state index contributed by atoms with van der Waals surface area (Å²) in [6.07, 6.45) is 0. The van der Waals surface area contributed by atoms with E-state index < -0.39 is 0 Å². The number of rotatable bonds is 5. The Hall–Kier alpha value is -0.550. The van der Waals surface area contributed by atoms with Gasteiger partial charge in [-0.2, -0.15) is 0 Å². The topological polar surface area (TPSA) is 51.2 Å². The van der Waals surface area contributed by atoms with Gasteiger partial charge in [0.2, 0.25) is 0 Å². The SMILES string of the molecule is CCN[C@@H](C)C(=O)OCc1cc(Cl)nc(Cl)c1.Cl. The van der Waals surface area contributed by atoms with Crippen LogP contribution in [0.5, 0.6) is 0 Å². The molecule has 1 rings (SSSR count). The van der Waals surface area contributed by atoms with Gasteiger partial charge in [-0.3, -0.25) is 4.79 Å². The van der Waals surface area contributed by atoms with Crippen molar-refractivity contribution in [2.75, 3.05) is 6.54 Å². The third-order valence-corrected chi connectivity index (χ3v) is 2.45. The molecule has 0 saturated carbocycles. The maximum Gasteiger partial charge on any atom is 0.323 e. The number of nitrogens with one attached hydrogen (secondary N) is 1. The van der Waals surface area contributed by atoms with Crippen LogP contribution in [0, 0.1) is 0 Å². The lowest BCUT2D eigenvalue weighted by Gasteiger charge is -2.11. The number of likely N-dealkylation sites (N-methyl/N-ethyl adjacent to an activating group) is 1. The van der Waals surface area contributed by atoms with Gasteiger partial charge in [0.1, 0.15) is 23.0 Å². The van der Waals surface area contributed by atoms with Crippen molar-refractivity contribution in [3.63, 3.8) is 0 Å². The summed E-state index contributed by atoms with van der Waals surface area (Å²) >= 11 is 11.5. The summed E-state index contributed by atoms with van der Waals surface area (Å²) in [4.78, 5) is 15.3. The third-order valence-electron chi connectivity index (χ3n) is 2.07. The zero-order valence-electron chi connectivity index (χ0n) is 10.1. The second kappa shape index (κ2) is 8.53. The lowest BCUT2D eigenvalue weighted by molar-refractivity contribution is -0.147. The molecule has 1 aromatic rings. The van der Waals surface area contributed by atoms with Gasteiger partial charge in [-0.25, -0.2) is 4.98 Å². The number of hydrogen-bond acceptors (Lipinski definition) is 4. The average Bonchev–Trinajstić information content (AvgIpc) is 2.25. The Bertz CT molecular complexity index is 382. The molecule has 1 atom stereocenters. The summed E-state index contributed by atoms with van der Waals surface area (Å²) in [6.45, 7) is 4.52. The van der Waals surface area contributed by atoms with E-state index in [1.54, 1.807) is 19.1 Å². The van der Waals surface area contributed by atoms with Crippen molar-refractivity contribution < 1.29 is 9.53 Å². The van der Waals surface area contributed by atoms with Crippen LogP contribution in [0.2, 0.25) is 10.3 Å². The molecule has 18 heavy (non-hydrogen) atoms. The van der Waals surface area contributed by atoms with Crippen molar-refractivity contribution in [2.45, 2.75) is 26.5 Å². The van der Waals surface area contributed by atoms with Gasteiger partial charge in [0.25, 0.3) is 0 Å². The van der Waals surface area contributed by atoms with Gasteiger partial charge < -0.3 is 10.1 Å². The number of aromatic nitrogens is 1. The smallest absolute Gasteiger partial charge is 0.323 e. The molecule has 102 valence electrons. The summed E-state index contributed by atoms with van der Waals surface area (Å²) in [6, 6.07) is 2.89. The van der Waals surface area contributed by atoms with E-state index >= 15 is 0 Å². The molecule has 7 heteroatoms. The van der Waals surface area contributed by atoms with Crippen LogP contribution in [0.25, 0.3) is 0 Å². The number of carbonyl (C=O) groups excluding carboxylic acids is 1. The Kier molecular flexibility index (Phi) is 8.27. The van der Waals surface area contributed by atoms with Gasteiger partial charge in [-0.15, -0.1) is 12.4 Å². The second-order valence-electron chi connectivity index (χ2n) is 3.51. The number of pyridine rings is 1. The van der Waals surface area contributed by atoms with Gasteiger partial charge in [0, 0.05) is 0 Å². The summed E-state index contributed by atoms with van der Waals surface area (Å²) in [5.41, 5.74) is 0.715. The highest BCUT2D eigenvalue weighted by molar-refractivity contribution is 6.32. The van der Waals surface area contributed by atoms with E-state index in [1.807, 2.05) is 6.92 Å². The van der Waals surface area contributed by atoms with Crippen LogP contribution in [0.3, 0.4) is 0 Å². The summed E-state index contributed by atoms with van der Waals surface area (Å²) in [7, 11) is 0. The number of esters is 1. The van der Waals surface area contributed by atoms with Crippen molar-refractivity contribution >= 4 is 41.6 Å². The molecule has 0 aliphatic heterocycles. The van der Waals surface area contributed by atoms with Gasteiger partial charge in [-0.05, 0) is 31.2 Å². The van der Waals surface area contributed by atoms with Crippen molar-refractivity contribution in [1.82, 2.24) is 10.3 Å². The molecule has 4 nitrogen and oxygen atoms in total. The predicted molar refractivity (Wildman–Crippen MR) is 74.4 cm³/mol. The van der Waals surface area contributed by atoms with E-state index in [-0.39, 0.29) is 41.3 Å². The monoisotopic (exact) mass is 312 g/mol. The maximum absolute atomic E-state index is 11.5. The van der Waals surface area contributed by atoms with Crippen LogP contribution in [-0.2, 0) is 16.1 Å². The van der Waals surface area contributed by atoms with E-state index in [0.717, 1.165) is 0 Å². The summed E-state index contributed by atoms with van der Waals surface area (Å²) < 4.78 is 5.11. The van der Waals surface area contributed by atoms with Crippen molar-refractivity contribution in [3.8, 4) is 0 Å². The number of nitrogens with zero attached hydrogens (tertiary/aromatic N) is 1. The zero-order chi connectivity index (χ0) is 12.8. The van der Waals surface area contributed by atoms with Crippen LogP contribution in [0.1, 0.15) is 19.4 Å². The van der Waals surface area contributed by atoms with Crippen LogP contribution < -0.4 is 5.32 Å². The fourth-order valence-electron chi connectivity index (χ4n) is 1.27. The lowest BCUT2D eigenvalue weighted by Crippen LogP contribution is -2.34. The number of ether oxygens (including phenoxy) is 1. The lowest BCUT2D eigenvalue weighted by atomic mass is 10.3. The van der Waals surface area contributed by atoms with E-state index in [1.165, 1.54) is 0 Å². The minimum absolute atomic E-state index is 0. The van der Waals surface area contributed by atoms with Gasteiger partial charge in [0.15, 0.2) is 0 Å². The van der Waals surface area contributed by atoms with Gasteiger partial charge in [0.05, 0.1) is 0 Å². The third kappa shape index (κ3) is 5.87. The van der Waals surface area contributed by atoms with Crippen LogP contribution in [0.15, 0.2) is 12.1 Å². The Labute approximate surface area is 122 Å². The van der Waals surface area contributed by atoms with Crippen molar-refractivity contribution in [2.24, 2.45) is 0 Å². The van der Waals surface area contributed by atoms with Crippen LogP contribution in [-0.4, -0.2) is 23.5 Å². The highest BCUT2D eigenvalue weighted by Gasteiger charge is 2.12. The molecular weight excluding hydrogens is 298 g/mol. The first-order chi connectivity index (χ1) is 8.02. The molecule has 0 fully saturated rings. The average molecular weight is 314 g/mol. The van der Waals surface area contributed by atoms with Gasteiger partial charge >= 0.3 is 5.97 Å². The molecule has 0 amide bonds. The van der Waals surface area contributed by atoms with Crippen molar-refractivity contribution in [3.05, 3.63) is 28.0 Å². The molecular formula is C11H15Cl3N2O2. The second-order valence-corrected chi connectivity index (χ2v) is 4.28. The number of carbonyl (C=O) groups is 1. The quantitative estimate of drug-likeness (QED) is 0.671. The molecule has 0 aliphatic carbocycles. The Balaban J connectivity index is 0.00000289. The highest BCUT2D eigenvalue weighted by atomic mass is 35.5.